The third-order valence-corrected chi connectivity index (χ3v) is 5.63. The van der Waals surface area contributed by atoms with Crippen LogP contribution in [0.3, 0.4) is 0 Å². The maximum absolute atomic E-state index is 12.5. The van der Waals surface area contributed by atoms with Gasteiger partial charge in [0.2, 0.25) is 0 Å². The van der Waals surface area contributed by atoms with Gasteiger partial charge in [-0.3, -0.25) is 0 Å². The van der Waals surface area contributed by atoms with E-state index in [2.05, 4.69) is 59.6 Å². The summed E-state index contributed by atoms with van der Waals surface area (Å²) in [6.45, 7) is 2.15. The zero-order chi connectivity index (χ0) is 20.1. The Morgan fingerprint density at radius 2 is 1.48 bits per heavy atom. The lowest BCUT2D eigenvalue weighted by Gasteiger charge is -2.21. The highest BCUT2D eigenvalue weighted by Gasteiger charge is 2.24. The molecule has 0 fully saturated rings. The lowest BCUT2D eigenvalue weighted by molar-refractivity contribution is 0.0532. The molecule has 4 heteroatoms. The molecule has 0 amide bonds. The minimum atomic E-state index is -0.323. The molecule has 0 saturated heterocycles. The summed E-state index contributed by atoms with van der Waals surface area (Å²) in [6.07, 6.45) is 0. The van der Waals surface area contributed by atoms with Crippen LogP contribution in [0, 0.1) is 0 Å². The summed E-state index contributed by atoms with van der Waals surface area (Å²) < 4.78 is 5.25. The highest BCUT2D eigenvalue weighted by Crippen LogP contribution is 2.39. The first kappa shape index (κ1) is 19.1. The molecule has 4 aromatic rings. The average Bonchev–Trinajstić information content (AvgIpc) is 3.26. The molecule has 1 heterocycles. The summed E-state index contributed by atoms with van der Waals surface area (Å²) in [5.41, 5.74) is 6.84. The van der Waals surface area contributed by atoms with Crippen molar-refractivity contribution >= 4 is 17.3 Å². The van der Waals surface area contributed by atoms with Crippen molar-refractivity contribution in [2.45, 2.75) is 12.8 Å². The Bertz CT molecular complexity index is 1050. The second-order valence-corrected chi connectivity index (χ2v) is 7.45. The maximum Gasteiger partial charge on any atom is 0.350 e. The Hall–Kier alpha value is -3.24. The molecule has 29 heavy (non-hydrogen) atoms. The highest BCUT2D eigenvalue weighted by molar-refractivity contribution is 7.12. The van der Waals surface area contributed by atoms with Gasteiger partial charge in [-0.15, -0.1) is 11.3 Å². The largest absolute Gasteiger partial charge is 0.462 e. The lowest BCUT2D eigenvalue weighted by Crippen LogP contribution is -2.08. The molecule has 0 bridgehead atoms. The van der Waals surface area contributed by atoms with Crippen LogP contribution < -0.4 is 0 Å². The third-order valence-electron chi connectivity index (χ3n) is 4.82. The van der Waals surface area contributed by atoms with Gasteiger partial charge in [0, 0.05) is 11.5 Å². The predicted octanol–water partition coefficient (Wildman–Crippen LogP) is 6.17. The van der Waals surface area contributed by atoms with Crippen LogP contribution >= 0.6 is 11.3 Å². The number of carbonyl (C=O) groups is 1. The summed E-state index contributed by atoms with van der Waals surface area (Å²) in [5.74, 6) is -0.291. The van der Waals surface area contributed by atoms with E-state index in [1.807, 2.05) is 37.3 Å². The fourth-order valence-corrected chi connectivity index (χ4v) is 4.28. The van der Waals surface area contributed by atoms with Gasteiger partial charge >= 0.3 is 5.97 Å². The monoisotopic (exact) mass is 399 g/mol. The van der Waals surface area contributed by atoms with Gasteiger partial charge in [-0.05, 0) is 23.6 Å². The molecular formula is C25H21NO2S. The number of thiazole rings is 1. The van der Waals surface area contributed by atoms with E-state index in [9.17, 15) is 4.79 Å². The van der Waals surface area contributed by atoms with Crippen molar-refractivity contribution in [1.29, 1.82) is 0 Å². The molecule has 0 unspecified atom stereocenters. The summed E-state index contributed by atoms with van der Waals surface area (Å²) in [6, 6.07) is 29.0. The van der Waals surface area contributed by atoms with E-state index in [1.54, 1.807) is 5.51 Å². The average molecular weight is 400 g/mol. The molecular weight excluding hydrogens is 378 g/mol. The molecule has 0 spiro atoms. The smallest absolute Gasteiger partial charge is 0.350 e. The molecule has 1 aromatic heterocycles. The molecule has 0 radical (unpaired) electrons. The zero-order valence-electron chi connectivity index (χ0n) is 16.1. The van der Waals surface area contributed by atoms with Gasteiger partial charge < -0.3 is 4.74 Å². The highest BCUT2D eigenvalue weighted by atomic mass is 32.1. The fourth-order valence-electron chi connectivity index (χ4n) is 3.59. The van der Waals surface area contributed by atoms with Crippen molar-refractivity contribution in [2.75, 3.05) is 6.61 Å². The number of hydrogen-bond acceptors (Lipinski definition) is 4. The molecule has 0 aliphatic rings. The Balaban J connectivity index is 1.89. The minimum Gasteiger partial charge on any atom is -0.462 e. The number of hydrogen-bond donors (Lipinski definition) is 0. The van der Waals surface area contributed by atoms with Crippen LogP contribution in [0.4, 0.5) is 0 Å². The fraction of sp³-hybridized carbons (Fsp3) is 0.120. The number of nitrogens with zero attached hydrogens (tertiary/aromatic N) is 1. The van der Waals surface area contributed by atoms with E-state index in [1.165, 1.54) is 22.5 Å². The van der Waals surface area contributed by atoms with Crippen molar-refractivity contribution in [3.63, 3.8) is 0 Å². The molecule has 3 aromatic carbocycles. The van der Waals surface area contributed by atoms with Crippen molar-refractivity contribution in [1.82, 2.24) is 4.98 Å². The molecule has 3 nitrogen and oxygen atoms in total. The summed E-state index contributed by atoms with van der Waals surface area (Å²) >= 11 is 1.32. The second-order valence-electron chi connectivity index (χ2n) is 6.59. The summed E-state index contributed by atoms with van der Waals surface area (Å²) in [5, 5.41) is 0. The number of esters is 1. The van der Waals surface area contributed by atoms with Crippen LogP contribution in [0.25, 0.3) is 11.3 Å². The number of aromatic nitrogens is 1. The van der Waals surface area contributed by atoms with Crippen LogP contribution in [0.15, 0.2) is 90.4 Å². The zero-order valence-corrected chi connectivity index (χ0v) is 16.9. The molecule has 0 N–H and O–H groups in total. The van der Waals surface area contributed by atoms with Gasteiger partial charge in [0.05, 0.1) is 17.8 Å². The van der Waals surface area contributed by atoms with Crippen molar-refractivity contribution in [2.24, 2.45) is 0 Å². The van der Waals surface area contributed by atoms with E-state index in [0.29, 0.717) is 17.2 Å². The first-order valence-corrected chi connectivity index (χ1v) is 10.5. The van der Waals surface area contributed by atoms with E-state index in [4.69, 9.17) is 4.74 Å². The standard InChI is InChI=1S/C25H21NO2S/c1-2-28-25(27)24-23(26-17-29-24)21-16-10-9-15-20(21)22(18-11-5-3-6-12-18)19-13-7-4-8-14-19/h3-17,22H,2H2,1H3. The van der Waals surface area contributed by atoms with Crippen LogP contribution in [0.2, 0.25) is 0 Å². The second kappa shape index (κ2) is 8.84. The third kappa shape index (κ3) is 3.98. The molecule has 0 aliphatic carbocycles. The van der Waals surface area contributed by atoms with Gasteiger partial charge in [-0.1, -0.05) is 84.9 Å². The Morgan fingerprint density at radius 1 is 0.897 bits per heavy atom. The summed E-state index contributed by atoms with van der Waals surface area (Å²) in [7, 11) is 0. The van der Waals surface area contributed by atoms with Gasteiger partial charge in [0.15, 0.2) is 0 Å². The SMILES string of the molecule is CCOC(=O)c1scnc1-c1ccccc1C(c1ccccc1)c1ccccc1. The minimum absolute atomic E-state index is 0.0327. The first-order valence-electron chi connectivity index (χ1n) is 9.59. The number of rotatable bonds is 6. The van der Waals surface area contributed by atoms with E-state index in [-0.39, 0.29) is 11.9 Å². The van der Waals surface area contributed by atoms with Crippen LogP contribution in [0.5, 0.6) is 0 Å². The molecule has 144 valence electrons. The molecule has 0 saturated carbocycles. The molecule has 0 aliphatic heterocycles. The van der Waals surface area contributed by atoms with Crippen molar-refractivity contribution < 1.29 is 9.53 Å². The molecule has 0 atom stereocenters. The maximum atomic E-state index is 12.5. The number of ether oxygens (including phenoxy) is 1. The van der Waals surface area contributed by atoms with Gasteiger partial charge in [-0.2, -0.15) is 0 Å². The normalized spacial score (nSPS) is 10.8. The first-order chi connectivity index (χ1) is 14.3. The van der Waals surface area contributed by atoms with E-state index >= 15 is 0 Å². The van der Waals surface area contributed by atoms with Crippen LogP contribution in [-0.4, -0.2) is 17.6 Å². The number of benzene rings is 3. The van der Waals surface area contributed by atoms with E-state index < -0.39 is 0 Å². The number of carbonyl (C=O) groups excluding carboxylic acids is 1. The summed E-state index contributed by atoms with van der Waals surface area (Å²) in [4.78, 5) is 17.5. The van der Waals surface area contributed by atoms with Crippen molar-refractivity contribution in [3.8, 4) is 11.3 Å². The van der Waals surface area contributed by atoms with Crippen LogP contribution in [0.1, 0.15) is 39.2 Å². The quantitative estimate of drug-likeness (QED) is 0.288. The van der Waals surface area contributed by atoms with Gasteiger partial charge in [0.1, 0.15) is 4.88 Å². The van der Waals surface area contributed by atoms with Gasteiger partial charge in [-0.25, -0.2) is 9.78 Å². The Morgan fingerprint density at radius 3 is 2.10 bits per heavy atom. The predicted molar refractivity (Wildman–Crippen MR) is 117 cm³/mol. The van der Waals surface area contributed by atoms with Gasteiger partial charge in [0.25, 0.3) is 0 Å². The topological polar surface area (TPSA) is 39.2 Å². The Kier molecular flexibility index (Phi) is 5.82. The Labute approximate surface area is 174 Å². The van der Waals surface area contributed by atoms with E-state index in [0.717, 1.165) is 11.1 Å². The van der Waals surface area contributed by atoms with Crippen LogP contribution in [-0.2, 0) is 4.74 Å². The van der Waals surface area contributed by atoms with Crippen molar-refractivity contribution in [3.05, 3.63) is 112 Å². The molecule has 4 rings (SSSR count). The lowest BCUT2D eigenvalue weighted by atomic mass is 9.82.